The number of imidazole rings is 1. The number of unbranched alkanes of at least 4 members (excludes halogenated alkanes) is 1. The summed E-state index contributed by atoms with van der Waals surface area (Å²) in [5.74, 6) is 0.0995. The lowest BCUT2D eigenvalue weighted by molar-refractivity contribution is -0.122. The summed E-state index contributed by atoms with van der Waals surface area (Å²) in [4.78, 5) is 19.9. The molecule has 0 atom stereocenters. The Labute approximate surface area is 226 Å². The molecule has 3 rings (SSSR count). The van der Waals surface area contributed by atoms with Gasteiger partial charge in [-0.2, -0.15) is 0 Å². The van der Waals surface area contributed by atoms with Gasteiger partial charge in [0, 0.05) is 43.6 Å². The molecule has 1 fully saturated rings. The summed E-state index contributed by atoms with van der Waals surface area (Å²) < 4.78 is 26.5. The summed E-state index contributed by atoms with van der Waals surface area (Å²) in [5, 5.41) is 2.92. The summed E-state index contributed by atoms with van der Waals surface area (Å²) >= 11 is 0. The van der Waals surface area contributed by atoms with Crippen LogP contribution in [0.25, 0.3) is 17.0 Å². The lowest BCUT2D eigenvalue weighted by atomic mass is 10.1. The molecule has 1 aliphatic heterocycles. The van der Waals surface area contributed by atoms with E-state index in [9.17, 15) is 9.18 Å². The van der Waals surface area contributed by atoms with Gasteiger partial charge in [0.2, 0.25) is 5.91 Å². The summed E-state index contributed by atoms with van der Waals surface area (Å²) in [6.45, 7) is 11.0. The van der Waals surface area contributed by atoms with E-state index in [1.54, 1.807) is 29.9 Å². The molecule has 1 aliphatic rings. The molecule has 2 heterocycles. The number of nitrogens with zero attached hydrogens (tertiary/aromatic N) is 3. The summed E-state index contributed by atoms with van der Waals surface area (Å²) in [7, 11) is 3.22. The van der Waals surface area contributed by atoms with E-state index in [0.29, 0.717) is 23.2 Å². The number of likely N-dealkylation sites (tertiary alicyclic amines) is 1. The predicted octanol–water partition coefficient (Wildman–Crippen LogP) is 5.24. The number of allylic oxidation sites excluding steroid dienone is 5. The maximum atomic E-state index is 14.1. The first kappa shape index (κ1) is 29.3. The summed E-state index contributed by atoms with van der Waals surface area (Å²) in [6, 6.07) is 4.60. The average molecular weight is 525 g/mol. The van der Waals surface area contributed by atoms with Gasteiger partial charge < -0.3 is 24.3 Å². The number of aromatic nitrogens is 2. The van der Waals surface area contributed by atoms with Crippen LogP contribution in [0.5, 0.6) is 5.75 Å². The molecule has 0 spiro atoms. The molecule has 7 nitrogen and oxygen atoms in total. The molecule has 1 aromatic heterocycles. The topological polar surface area (TPSA) is 68.6 Å². The van der Waals surface area contributed by atoms with E-state index in [1.807, 2.05) is 26.1 Å². The van der Waals surface area contributed by atoms with Crippen molar-refractivity contribution in [1.82, 2.24) is 19.8 Å². The summed E-state index contributed by atoms with van der Waals surface area (Å²) in [6.07, 6.45) is 14.3. The van der Waals surface area contributed by atoms with Gasteiger partial charge >= 0.3 is 0 Å². The van der Waals surface area contributed by atoms with Crippen LogP contribution in [0, 0.1) is 5.82 Å². The lowest BCUT2D eigenvalue weighted by Crippen LogP contribution is -2.37. The number of carbonyl (C=O) groups excluding carboxylic acids is 1. The molecule has 0 saturated carbocycles. The number of piperidine rings is 1. The Balaban J connectivity index is 1.76. The number of carbonyl (C=O) groups is 1. The molecule has 1 saturated heterocycles. The van der Waals surface area contributed by atoms with E-state index < -0.39 is 5.82 Å². The van der Waals surface area contributed by atoms with E-state index in [1.165, 1.54) is 13.2 Å². The Bertz CT molecular complexity index is 1130. The Kier molecular flexibility index (Phi) is 11.3. The van der Waals surface area contributed by atoms with Crippen LogP contribution in [-0.4, -0.2) is 66.4 Å². The molecule has 1 aromatic carbocycles. The van der Waals surface area contributed by atoms with Crippen LogP contribution < -0.4 is 10.1 Å². The van der Waals surface area contributed by atoms with Crippen LogP contribution in [0.1, 0.15) is 45.2 Å². The minimum absolute atomic E-state index is 0.0188. The highest BCUT2D eigenvalue weighted by molar-refractivity contribution is 5.78. The highest BCUT2D eigenvalue weighted by Crippen LogP contribution is 2.28. The van der Waals surface area contributed by atoms with Crippen molar-refractivity contribution in [3.05, 3.63) is 66.8 Å². The fraction of sp³-hybridized carbons (Fsp3) is 0.467. The molecule has 38 heavy (non-hydrogen) atoms. The maximum absolute atomic E-state index is 14.1. The fourth-order valence-corrected chi connectivity index (χ4v) is 4.59. The smallest absolute Gasteiger partial charge is 0.240 e. The van der Waals surface area contributed by atoms with Crippen molar-refractivity contribution in [3.8, 4) is 17.1 Å². The Morgan fingerprint density at radius 1 is 1.29 bits per heavy atom. The molecule has 1 N–H and O–H groups in total. The van der Waals surface area contributed by atoms with Gasteiger partial charge in [0.1, 0.15) is 12.4 Å². The molecular weight excluding hydrogens is 483 g/mol. The van der Waals surface area contributed by atoms with Gasteiger partial charge in [-0.15, -0.1) is 0 Å². The minimum atomic E-state index is -0.453. The van der Waals surface area contributed by atoms with Crippen molar-refractivity contribution >= 4 is 11.5 Å². The van der Waals surface area contributed by atoms with E-state index in [-0.39, 0.29) is 24.2 Å². The second-order valence-corrected chi connectivity index (χ2v) is 9.83. The Hall–Kier alpha value is -3.23. The van der Waals surface area contributed by atoms with Crippen LogP contribution in [-0.2, 0) is 16.1 Å². The molecule has 1 amide bonds. The van der Waals surface area contributed by atoms with Gasteiger partial charge in [0.25, 0.3) is 0 Å². The van der Waals surface area contributed by atoms with Crippen molar-refractivity contribution in [1.29, 1.82) is 0 Å². The van der Waals surface area contributed by atoms with E-state index in [0.717, 1.165) is 50.9 Å². The molecule has 8 heteroatoms. The van der Waals surface area contributed by atoms with E-state index in [2.05, 4.69) is 28.9 Å². The molecule has 0 aliphatic carbocycles. The number of methoxy groups -OCH3 is 2. The van der Waals surface area contributed by atoms with Crippen LogP contribution in [0.2, 0.25) is 0 Å². The molecule has 0 bridgehead atoms. The first-order valence-electron chi connectivity index (χ1n) is 13.3. The Morgan fingerprint density at radius 2 is 2.05 bits per heavy atom. The number of amides is 1. The standard InChI is InChI=1S/C30H41FN4O3/c1-6-10-23(11-8-7-9-16-34-17-14-25(37-4)15-18-34)27-20-35(21-29(36)32-22(2)3)30(33-27)24-12-13-26(31)28(19-24)38-5/h6,8,10-13,19-20,22,25H,1,7,9,14-18,21H2,2-5H3,(H,32,36)/b11-8-,23-10+. The molecule has 2 aromatic rings. The third-order valence-electron chi connectivity index (χ3n) is 6.55. The molecule has 0 radical (unpaired) electrons. The number of rotatable bonds is 13. The zero-order valence-corrected chi connectivity index (χ0v) is 23.1. The van der Waals surface area contributed by atoms with Crippen molar-refractivity contribution in [2.75, 3.05) is 33.9 Å². The minimum Gasteiger partial charge on any atom is -0.494 e. The monoisotopic (exact) mass is 524 g/mol. The van der Waals surface area contributed by atoms with Crippen molar-refractivity contribution in [3.63, 3.8) is 0 Å². The van der Waals surface area contributed by atoms with Gasteiger partial charge in [0.15, 0.2) is 11.6 Å². The number of ether oxygens (including phenoxy) is 2. The van der Waals surface area contributed by atoms with Crippen LogP contribution in [0.15, 0.2) is 55.3 Å². The first-order valence-corrected chi connectivity index (χ1v) is 13.3. The quantitative estimate of drug-likeness (QED) is 0.287. The predicted molar refractivity (Wildman–Crippen MR) is 150 cm³/mol. The maximum Gasteiger partial charge on any atom is 0.240 e. The number of benzene rings is 1. The van der Waals surface area contributed by atoms with E-state index >= 15 is 0 Å². The summed E-state index contributed by atoms with van der Waals surface area (Å²) in [5.41, 5.74) is 2.25. The van der Waals surface area contributed by atoms with Crippen LogP contribution >= 0.6 is 0 Å². The molecule has 206 valence electrons. The van der Waals surface area contributed by atoms with Crippen molar-refractivity contribution < 1.29 is 18.7 Å². The number of hydrogen-bond donors (Lipinski definition) is 1. The van der Waals surface area contributed by atoms with Gasteiger partial charge in [-0.1, -0.05) is 30.9 Å². The van der Waals surface area contributed by atoms with Gasteiger partial charge in [-0.3, -0.25) is 4.79 Å². The van der Waals surface area contributed by atoms with Crippen LogP contribution in [0.4, 0.5) is 4.39 Å². The Morgan fingerprint density at radius 3 is 2.71 bits per heavy atom. The average Bonchev–Trinajstić information content (AvgIpc) is 3.31. The second kappa shape index (κ2) is 14.6. The first-order chi connectivity index (χ1) is 18.3. The highest BCUT2D eigenvalue weighted by atomic mass is 19.1. The second-order valence-electron chi connectivity index (χ2n) is 9.83. The largest absolute Gasteiger partial charge is 0.494 e. The zero-order valence-electron chi connectivity index (χ0n) is 23.1. The van der Waals surface area contributed by atoms with Gasteiger partial charge in [-0.05, 0) is 64.3 Å². The zero-order chi connectivity index (χ0) is 27.5. The molecule has 0 unspecified atom stereocenters. The third kappa shape index (κ3) is 8.39. The number of hydrogen-bond acceptors (Lipinski definition) is 5. The number of halogens is 1. The SMILES string of the molecule is C=C/C=C(\C=C/CCCN1CCC(OC)CC1)c1cn(CC(=O)NC(C)C)c(-c2ccc(F)c(OC)c2)n1. The van der Waals surface area contributed by atoms with Gasteiger partial charge in [-0.25, -0.2) is 9.37 Å². The third-order valence-corrected chi connectivity index (χ3v) is 6.55. The van der Waals surface area contributed by atoms with Gasteiger partial charge in [0.05, 0.1) is 18.9 Å². The van der Waals surface area contributed by atoms with Crippen molar-refractivity contribution in [2.45, 2.75) is 58.2 Å². The molecular formula is C30H41FN4O3. The van der Waals surface area contributed by atoms with Crippen molar-refractivity contribution in [2.24, 2.45) is 0 Å². The van der Waals surface area contributed by atoms with E-state index in [4.69, 9.17) is 14.5 Å². The lowest BCUT2D eigenvalue weighted by Gasteiger charge is -2.30. The normalized spacial score (nSPS) is 15.4. The fourth-order valence-electron chi connectivity index (χ4n) is 4.59. The van der Waals surface area contributed by atoms with Crippen LogP contribution in [0.3, 0.4) is 0 Å². The number of nitrogens with one attached hydrogen (secondary N) is 1. The highest BCUT2D eigenvalue weighted by Gasteiger charge is 2.18.